The Labute approximate surface area is 114 Å². The van der Waals surface area contributed by atoms with Crippen LogP contribution in [0.2, 0.25) is 0 Å². The van der Waals surface area contributed by atoms with Gasteiger partial charge in [0.15, 0.2) is 0 Å². The van der Waals surface area contributed by atoms with Gasteiger partial charge in [0.25, 0.3) is 0 Å². The number of hydrogen-bond donors (Lipinski definition) is 0. The molecule has 0 spiro atoms. The lowest BCUT2D eigenvalue weighted by atomic mass is 9.86. The first-order valence-corrected chi connectivity index (χ1v) is 7.90. The van der Waals surface area contributed by atoms with Gasteiger partial charge in [-0.05, 0) is 17.9 Å². The fraction of sp³-hybridized carbons (Fsp3) is 0.667. The molecule has 0 saturated heterocycles. The minimum absolute atomic E-state index is 1.10. The van der Waals surface area contributed by atoms with Gasteiger partial charge in [-0.1, -0.05) is 95.5 Å². The maximum Gasteiger partial charge on any atom is -0.0281 e. The SMILES string of the molecule is CCCC1CCCCC1.CCCc1ccccc1. The maximum atomic E-state index is 2.30. The third-order valence-electron chi connectivity index (χ3n) is 3.80. The molecule has 1 aromatic carbocycles. The Balaban J connectivity index is 0.000000180. The Bertz CT molecular complexity index is 267. The summed E-state index contributed by atoms with van der Waals surface area (Å²) in [6.45, 7) is 4.50. The van der Waals surface area contributed by atoms with Gasteiger partial charge in [0, 0.05) is 0 Å². The van der Waals surface area contributed by atoms with Crippen LogP contribution >= 0.6 is 0 Å². The van der Waals surface area contributed by atoms with Crippen molar-refractivity contribution < 1.29 is 0 Å². The summed E-state index contributed by atoms with van der Waals surface area (Å²) in [6, 6.07) is 10.6. The van der Waals surface area contributed by atoms with Gasteiger partial charge in [-0.15, -0.1) is 0 Å². The van der Waals surface area contributed by atoms with E-state index in [2.05, 4.69) is 44.2 Å². The fourth-order valence-corrected chi connectivity index (χ4v) is 2.82. The number of aryl methyl sites for hydroxylation is 1. The fourth-order valence-electron chi connectivity index (χ4n) is 2.82. The van der Waals surface area contributed by atoms with E-state index in [4.69, 9.17) is 0 Å². The molecule has 1 aromatic rings. The van der Waals surface area contributed by atoms with Gasteiger partial charge >= 0.3 is 0 Å². The van der Waals surface area contributed by atoms with Crippen LogP contribution < -0.4 is 0 Å². The zero-order valence-electron chi connectivity index (χ0n) is 12.3. The van der Waals surface area contributed by atoms with Gasteiger partial charge in [0.05, 0.1) is 0 Å². The van der Waals surface area contributed by atoms with E-state index in [-0.39, 0.29) is 0 Å². The van der Waals surface area contributed by atoms with Crippen LogP contribution in [0.25, 0.3) is 0 Å². The third-order valence-corrected chi connectivity index (χ3v) is 3.80. The van der Waals surface area contributed by atoms with Gasteiger partial charge in [-0.2, -0.15) is 0 Å². The number of rotatable bonds is 4. The molecule has 0 aromatic heterocycles. The first-order valence-electron chi connectivity index (χ1n) is 7.90. The topological polar surface area (TPSA) is 0 Å². The first kappa shape index (κ1) is 15.3. The maximum absolute atomic E-state index is 2.30. The van der Waals surface area contributed by atoms with Crippen molar-refractivity contribution >= 4 is 0 Å². The second kappa shape index (κ2) is 10.2. The van der Waals surface area contributed by atoms with Crippen molar-refractivity contribution in [2.45, 2.75) is 71.6 Å². The van der Waals surface area contributed by atoms with Crippen molar-refractivity contribution in [3.8, 4) is 0 Å². The van der Waals surface area contributed by atoms with E-state index in [0.717, 1.165) is 5.92 Å². The molecule has 1 aliphatic carbocycles. The molecule has 102 valence electrons. The Morgan fingerprint density at radius 2 is 1.56 bits per heavy atom. The Morgan fingerprint density at radius 3 is 2.11 bits per heavy atom. The van der Waals surface area contributed by atoms with Gasteiger partial charge in [0.1, 0.15) is 0 Å². The Morgan fingerprint density at radius 1 is 0.889 bits per heavy atom. The highest BCUT2D eigenvalue weighted by atomic mass is 14.2. The number of hydrogen-bond acceptors (Lipinski definition) is 0. The first-order chi connectivity index (χ1) is 8.86. The van der Waals surface area contributed by atoms with E-state index in [1.807, 2.05) is 0 Å². The van der Waals surface area contributed by atoms with Crippen LogP contribution in [-0.2, 0) is 6.42 Å². The summed E-state index contributed by atoms with van der Waals surface area (Å²) >= 11 is 0. The van der Waals surface area contributed by atoms with E-state index in [1.165, 1.54) is 63.4 Å². The lowest BCUT2D eigenvalue weighted by molar-refractivity contribution is 0.336. The van der Waals surface area contributed by atoms with E-state index < -0.39 is 0 Å². The summed E-state index contributed by atoms with van der Waals surface area (Å²) in [5.41, 5.74) is 1.44. The van der Waals surface area contributed by atoms with Crippen LogP contribution in [0.3, 0.4) is 0 Å². The second-order valence-corrected chi connectivity index (χ2v) is 5.53. The molecule has 0 amide bonds. The average Bonchev–Trinajstić information content (AvgIpc) is 2.43. The minimum atomic E-state index is 1.10. The monoisotopic (exact) mass is 246 g/mol. The molecule has 0 unspecified atom stereocenters. The summed E-state index contributed by atoms with van der Waals surface area (Å²) in [5.74, 6) is 1.10. The van der Waals surface area contributed by atoms with Crippen molar-refractivity contribution in [1.82, 2.24) is 0 Å². The summed E-state index contributed by atoms with van der Waals surface area (Å²) < 4.78 is 0. The van der Waals surface area contributed by atoms with Crippen molar-refractivity contribution in [2.75, 3.05) is 0 Å². The molecule has 0 atom stereocenters. The molecule has 2 rings (SSSR count). The van der Waals surface area contributed by atoms with E-state index >= 15 is 0 Å². The van der Waals surface area contributed by atoms with Gasteiger partial charge in [-0.3, -0.25) is 0 Å². The number of benzene rings is 1. The van der Waals surface area contributed by atoms with Crippen molar-refractivity contribution in [1.29, 1.82) is 0 Å². The molecule has 1 fully saturated rings. The Hall–Kier alpha value is -0.780. The van der Waals surface area contributed by atoms with Crippen LogP contribution in [0.15, 0.2) is 30.3 Å². The lowest BCUT2D eigenvalue weighted by Gasteiger charge is -2.20. The molecule has 0 bridgehead atoms. The van der Waals surface area contributed by atoms with Crippen molar-refractivity contribution in [2.24, 2.45) is 5.92 Å². The largest absolute Gasteiger partial charge is 0.0654 e. The van der Waals surface area contributed by atoms with Gasteiger partial charge < -0.3 is 0 Å². The molecule has 0 heterocycles. The summed E-state index contributed by atoms with van der Waals surface area (Å²) in [4.78, 5) is 0. The summed E-state index contributed by atoms with van der Waals surface area (Å²) in [5, 5.41) is 0. The highest BCUT2D eigenvalue weighted by Crippen LogP contribution is 2.26. The normalized spacial score (nSPS) is 15.9. The van der Waals surface area contributed by atoms with Crippen LogP contribution in [0.1, 0.15) is 70.8 Å². The second-order valence-electron chi connectivity index (χ2n) is 5.53. The minimum Gasteiger partial charge on any atom is -0.0654 e. The summed E-state index contributed by atoms with van der Waals surface area (Å²) in [6.07, 6.45) is 12.9. The molecule has 18 heavy (non-hydrogen) atoms. The van der Waals surface area contributed by atoms with Gasteiger partial charge in [-0.25, -0.2) is 0 Å². The van der Waals surface area contributed by atoms with Gasteiger partial charge in [0.2, 0.25) is 0 Å². The predicted octanol–water partition coefficient (Wildman–Crippen LogP) is 6.01. The van der Waals surface area contributed by atoms with E-state index in [9.17, 15) is 0 Å². The molecule has 0 nitrogen and oxygen atoms in total. The van der Waals surface area contributed by atoms with E-state index in [0.29, 0.717) is 0 Å². The zero-order valence-corrected chi connectivity index (χ0v) is 12.3. The molecule has 0 aliphatic heterocycles. The molecular weight excluding hydrogens is 216 g/mol. The highest BCUT2D eigenvalue weighted by Gasteiger charge is 2.10. The average molecular weight is 246 g/mol. The third kappa shape index (κ3) is 6.83. The molecule has 0 heteroatoms. The van der Waals surface area contributed by atoms with Crippen LogP contribution in [0.5, 0.6) is 0 Å². The lowest BCUT2D eigenvalue weighted by Crippen LogP contribution is -2.04. The van der Waals surface area contributed by atoms with Crippen LogP contribution in [-0.4, -0.2) is 0 Å². The molecule has 0 N–H and O–H groups in total. The summed E-state index contributed by atoms with van der Waals surface area (Å²) in [7, 11) is 0. The van der Waals surface area contributed by atoms with Crippen molar-refractivity contribution in [3.05, 3.63) is 35.9 Å². The standard InChI is InChI=1S/C9H18.C9H12/c2*1-2-6-9-7-4-3-5-8-9/h9H,2-8H2,1H3;3-5,7-8H,2,6H2,1H3. The molecule has 0 radical (unpaired) electrons. The zero-order chi connectivity index (χ0) is 13.1. The highest BCUT2D eigenvalue weighted by molar-refractivity contribution is 5.14. The predicted molar refractivity (Wildman–Crippen MR) is 81.9 cm³/mol. The van der Waals surface area contributed by atoms with Crippen molar-refractivity contribution in [3.63, 3.8) is 0 Å². The Kier molecular flexibility index (Phi) is 8.63. The van der Waals surface area contributed by atoms with Crippen LogP contribution in [0.4, 0.5) is 0 Å². The molecule has 1 saturated carbocycles. The van der Waals surface area contributed by atoms with E-state index in [1.54, 1.807) is 0 Å². The van der Waals surface area contributed by atoms with Crippen LogP contribution in [0, 0.1) is 5.92 Å². The molecular formula is C18H30. The molecule has 1 aliphatic rings. The smallest absolute Gasteiger partial charge is 0.0281 e. The quantitative estimate of drug-likeness (QED) is 0.610.